The number of carbonyl (C=O) groups is 4. The van der Waals surface area contributed by atoms with Crippen LogP contribution in [0.3, 0.4) is 0 Å². The number of aromatic nitrogens is 3. The van der Waals surface area contributed by atoms with Gasteiger partial charge in [0.25, 0.3) is 0 Å². The van der Waals surface area contributed by atoms with Crippen LogP contribution < -0.4 is 22.4 Å². The van der Waals surface area contributed by atoms with Crippen LogP contribution in [0, 0.1) is 0 Å². The Hall–Kier alpha value is -3.77. The van der Waals surface area contributed by atoms with Crippen molar-refractivity contribution in [2.24, 2.45) is 0 Å². The van der Waals surface area contributed by atoms with E-state index in [0.717, 1.165) is 10.6 Å². The van der Waals surface area contributed by atoms with Crippen molar-refractivity contribution in [1.29, 1.82) is 0 Å². The van der Waals surface area contributed by atoms with E-state index >= 15 is 0 Å². The Morgan fingerprint density at radius 3 is 2.09 bits per heavy atom. The topological polar surface area (TPSA) is 203 Å². The molecule has 0 aliphatic rings. The van der Waals surface area contributed by atoms with Crippen LogP contribution in [0.2, 0.25) is 0 Å². The van der Waals surface area contributed by atoms with Gasteiger partial charge < -0.3 is 29.4 Å². The minimum absolute atomic E-state index is 0.0324. The maximum absolute atomic E-state index is 13.2. The van der Waals surface area contributed by atoms with Crippen molar-refractivity contribution in [3.8, 4) is 0 Å². The Morgan fingerprint density at radius 2 is 1.52 bits per heavy atom. The van der Waals surface area contributed by atoms with Crippen molar-refractivity contribution in [3.05, 3.63) is 56.8 Å². The molecule has 18 heteroatoms. The van der Waals surface area contributed by atoms with E-state index in [0.29, 0.717) is 20.6 Å². The van der Waals surface area contributed by atoms with Crippen LogP contribution in [-0.2, 0) is 53.0 Å². The Bertz CT molecular complexity index is 1320. The molecule has 1 aromatic rings. The number of aliphatic hydroxyl groups excluding tert-OH is 1. The lowest BCUT2D eigenvalue weighted by Gasteiger charge is -2.20. The fourth-order valence-electron chi connectivity index (χ4n) is 3.23. The van der Waals surface area contributed by atoms with Crippen molar-refractivity contribution < 1.29 is 43.2 Å². The Morgan fingerprint density at radius 1 is 0.932 bits per heavy atom. The van der Waals surface area contributed by atoms with Gasteiger partial charge in [-0.1, -0.05) is 41.2 Å². The van der Waals surface area contributed by atoms with Crippen LogP contribution in [0.15, 0.2) is 39.7 Å². The molecule has 0 aliphatic heterocycles. The first-order valence-electron chi connectivity index (χ1n) is 13.4. The molecular weight excluding hydrogens is 624 g/mol. The van der Waals surface area contributed by atoms with Gasteiger partial charge in [-0.15, -0.1) is 6.58 Å². The van der Waals surface area contributed by atoms with E-state index in [4.69, 9.17) is 14.2 Å². The van der Waals surface area contributed by atoms with Crippen molar-refractivity contribution in [3.63, 3.8) is 0 Å². The van der Waals surface area contributed by atoms with Gasteiger partial charge in [0.2, 0.25) is 0 Å². The van der Waals surface area contributed by atoms with Gasteiger partial charge in [0.15, 0.2) is 6.10 Å². The Balaban J connectivity index is 3.09. The van der Waals surface area contributed by atoms with Gasteiger partial charge >= 0.3 is 41.1 Å². The second-order valence-corrected chi connectivity index (χ2v) is 11.5. The van der Waals surface area contributed by atoms with Gasteiger partial charge in [-0.25, -0.2) is 37.7 Å². The summed E-state index contributed by atoms with van der Waals surface area (Å²) in [5, 5.41) is 12.4. The molecule has 0 saturated heterocycles. The normalized spacial score (nSPS) is 12.0. The predicted octanol–water partition coefficient (Wildman–Crippen LogP) is -0.170. The summed E-state index contributed by atoms with van der Waals surface area (Å²) in [6.45, 7) is 6.24. The zero-order valence-electron chi connectivity index (χ0n) is 24.6. The second-order valence-electron chi connectivity index (χ2n) is 8.76. The van der Waals surface area contributed by atoms with E-state index in [1.165, 1.54) is 34.8 Å². The van der Waals surface area contributed by atoms with E-state index in [-0.39, 0.29) is 44.9 Å². The van der Waals surface area contributed by atoms with Gasteiger partial charge in [-0.3, -0.25) is 9.59 Å². The van der Waals surface area contributed by atoms with E-state index in [1.807, 2.05) is 0 Å². The van der Waals surface area contributed by atoms with E-state index < -0.39 is 67.0 Å². The monoisotopic (exact) mass is 662 g/mol. The summed E-state index contributed by atoms with van der Waals surface area (Å²) in [6.07, 6.45) is -0.851. The third-order valence-corrected chi connectivity index (χ3v) is 7.93. The van der Waals surface area contributed by atoms with Crippen LogP contribution in [0.1, 0.15) is 26.2 Å². The molecule has 0 radical (unpaired) electrons. The van der Waals surface area contributed by atoms with Gasteiger partial charge in [0.1, 0.15) is 13.2 Å². The molecule has 0 aliphatic carbocycles. The summed E-state index contributed by atoms with van der Waals surface area (Å²) in [5.41, 5.74) is -3.05. The smallest absolute Gasteiger partial charge is 0.407 e. The molecule has 16 nitrogen and oxygen atoms in total. The first kappa shape index (κ1) is 38.3. The maximum atomic E-state index is 13.2. The standard InChI is InChI=1S/C26H38N4O12S2/c1-5-11-28-24(36)29(15-18(31)6-2)26(38)30(25(28)37)16-19(42-23(35)27-10-12-40-20(32)7-3)17-41-22(34)9-14-44-43-13-8-21(33)39-4/h5,7,18-19,31H,1,3,6,8-17H2,2,4H3,(H,27,35). The summed E-state index contributed by atoms with van der Waals surface area (Å²) in [5.74, 6) is -0.888. The van der Waals surface area contributed by atoms with Gasteiger partial charge in [-0.2, -0.15) is 0 Å². The van der Waals surface area contributed by atoms with Gasteiger partial charge in [-0.05, 0) is 6.42 Å². The number of aliphatic hydroxyl groups is 1. The third kappa shape index (κ3) is 13.7. The van der Waals surface area contributed by atoms with Crippen LogP contribution >= 0.6 is 21.6 Å². The number of methoxy groups -OCH3 is 1. The number of rotatable bonds is 21. The molecule has 0 bridgehead atoms. The number of nitrogens with zero attached hydrogens (tertiary/aromatic N) is 3. The zero-order valence-corrected chi connectivity index (χ0v) is 26.2. The number of nitrogens with one attached hydrogen (secondary N) is 1. The molecule has 0 fully saturated rings. The lowest BCUT2D eigenvalue weighted by atomic mass is 10.3. The number of hydrogen-bond donors (Lipinski definition) is 2. The molecule has 1 aromatic heterocycles. The number of alkyl carbamates (subject to hydrolysis) is 1. The molecule has 1 amide bonds. The van der Waals surface area contributed by atoms with Gasteiger partial charge in [0, 0.05) is 17.6 Å². The van der Waals surface area contributed by atoms with Crippen LogP contribution in [-0.4, -0.2) is 93.4 Å². The number of carbonyl (C=O) groups excluding carboxylic acids is 4. The maximum Gasteiger partial charge on any atom is 0.407 e. The van der Waals surface area contributed by atoms with Crippen LogP contribution in [0.4, 0.5) is 4.79 Å². The fraction of sp³-hybridized carbons (Fsp3) is 0.577. The van der Waals surface area contributed by atoms with E-state index in [2.05, 4.69) is 23.2 Å². The highest BCUT2D eigenvalue weighted by atomic mass is 33.1. The van der Waals surface area contributed by atoms with Crippen molar-refractivity contribution in [2.75, 3.05) is 38.4 Å². The third-order valence-electron chi connectivity index (χ3n) is 5.52. The average molecular weight is 663 g/mol. The second kappa shape index (κ2) is 21.0. The molecule has 44 heavy (non-hydrogen) atoms. The number of allylic oxidation sites excluding steroid dienone is 1. The van der Waals surface area contributed by atoms with E-state index in [9.17, 15) is 38.7 Å². The highest BCUT2D eigenvalue weighted by molar-refractivity contribution is 8.76. The largest absolute Gasteiger partial charge is 0.469 e. The SMILES string of the molecule is C=CCn1c(=O)n(CC(O)CC)c(=O)n(CC(COC(=O)CCSSCCC(=O)OC)OC(=O)NCCOC(=O)C=C)c1=O. The number of esters is 3. The number of ether oxygens (including phenoxy) is 4. The zero-order chi connectivity index (χ0) is 33.1. The first-order chi connectivity index (χ1) is 21.0. The van der Waals surface area contributed by atoms with Crippen molar-refractivity contribution in [2.45, 2.75) is 58.0 Å². The molecule has 1 heterocycles. The Kier molecular flexibility index (Phi) is 18.3. The van der Waals surface area contributed by atoms with Gasteiger partial charge in [0.05, 0.1) is 52.2 Å². The van der Waals surface area contributed by atoms with Crippen molar-refractivity contribution >= 4 is 45.6 Å². The minimum Gasteiger partial charge on any atom is -0.469 e. The molecule has 0 saturated carbocycles. The molecule has 2 unspecified atom stereocenters. The lowest BCUT2D eigenvalue weighted by Crippen LogP contribution is -2.56. The van der Waals surface area contributed by atoms with Crippen LogP contribution in [0.25, 0.3) is 0 Å². The molecule has 0 aromatic carbocycles. The molecule has 1 rings (SSSR count). The number of amides is 1. The molecule has 246 valence electrons. The summed E-state index contributed by atoms with van der Waals surface area (Å²) in [6, 6.07) is 0. The highest BCUT2D eigenvalue weighted by Crippen LogP contribution is 2.23. The molecular formula is C26H38N4O12S2. The predicted molar refractivity (Wildman–Crippen MR) is 162 cm³/mol. The Labute approximate surface area is 260 Å². The summed E-state index contributed by atoms with van der Waals surface area (Å²) < 4.78 is 21.9. The summed E-state index contributed by atoms with van der Waals surface area (Å²) in [4.78, 5) is 86.2. The number of hydrogen-bond acceptors (Lipinski definition) is 14. The minimum atomic E-state index is -1.37. The molecule has 2 N–H and O–H groups in total. The van der Waals surface area contributed by atoms with Crippen LogP contribution in [0.5, 0.6) is 0 Å². The van der Waals surface area contributed by atoms with E-state index in [1.54, 1.807) is 6.92 Å². The first-order valence-corrected chi connectivity index (χ1v) is 15.9. The fourth-order valence-corrected chi connectivity index (χ4v) is 5.18. The highest BCUT2D eigenvalue weighted by Gasteiger charge is 2.23. The summed E-state index contributed by atoms with van der Waals surface area (Å²) >= 11 is 0. The molecule has 2 atom stereocenters. The average Bonchev–Trinajstić information content (AvgIpc) is 3.01. The summed E-state index contributed by atoms with van der Waals surface area (Å²) in [7, 11) is 4.00. The lowest BCUT2D eigenvalue weighted by molar-refractivity contribution is -0.146. The van der Waals surface area contributed by atoms with Crippen molar-refractivity contribution in [1.82, 2.24) is 19.0 Å². The quantitative estimate of drug-likeness (QED) is 0.0438. The molecule has 0 spiro atoms.